The number of nitrogens with two attached hydrogens (primary N) is 1. The van der Waals surface area contributed by atoms with Gasteiger partial charge < -0.3 is 9.84 Å². The molecule has 158 valence electrons. The molecule has 0 atom stereocenters. The summed E-state index contributed by atoms with van der Waals surface area (Å²) in [4.78, 5) is 8.88. The first-order valence-electron chi connectivity index (χ1n) is 8.18. The Kier molecular flexibility index (Phi) is 6.31. The first-order chi connectivity index (χ1) is 14.1. The van der Waals surface area contributed by atoms with Crippen molar-refractivity contribution >= 4 is 21.8 Å². The fourth-order valence-corrected chi connectivity index (χ4v) is 4.17. The summed E-state index contributed by atoms with van der Waals surface area (Å²) in [6.45, 7) is -0.553. The number of nitrogens with zero attached hydrogens (tertiary/aromatic N) is 2. The molecule has 0 fully saturated rings. The smallest absolute Gasteiger partial charge is 0.406 e. The zero-order valence-electron chi connectivity index (χ0n) is 15.0. The van der Waals surface area contributed by atoms with Crippen molar-refractivity contribution in [2.24, 2.45) is 5.14 Å². The molecule has 0 amide bonds. The summed E-state index contributed by atoms with van der Waals surface area (Å²) in [7, 11) is -4.01. The van der Waals surface area contributed by atoms with Crippen molar-refractivity contribution < 1.29 is 31.4 Å². The van der Waals surface area contributed by atoms with E-state index in [0.29, 0.717) is 21.2 Å². The second-order valence-electron chi connectivity index (χ2n) is 5.86. The molecule has 3 aromatic rings. The molecule has 3 N–H and O–H groups in total. The van der Waals surface area contributed by atoms with Crippen molar-refractivity contribution in [1.82, 2.24) is 9.97 Å². The van der Waals surface area contributed by atoms with Crippen LogP contribution in [0.25, 0.3) is 11.3 Å². The SMILES string of the molecule is NS(=O)(=O)c1ccc(-c2nccnc2Sc2ccc(OC(F)(F)F)cc2)cc1CO. The number of ether oxygens (including phenoxy) is 1. The zero-order valence-corrected chi connectivity index (χ0v) is 16.6. The lowest BCUT2D eigenvalue weighted by atomic mass is 10.1. The van der Waals surface area contributed by atoms with E-state index < -0.39 is 23.0 Å². The van der Waals surface area contributed by atoms with Crippen LogP contribution in [0.5, 0.6) is 5.75 Å². The molecule has 7 nitrogen and oxygen atoms in total. The van der Waals surface area contributed by atoms with Gasteiger partial charge in [0.1, 0.15) is 16.5 Å². The van der Waals surface area contributed by atoms with E-state index in [4.69, 9.17) is 5.14 Å². The quantitative estimate of drug-likeness (QED) is 0.583. The van der Waals surface area contributed by atoms with Crippen molar-refractivity contribution in [1.29, 1.82) is 0 Å². The van der Waals surface area contributed by atoms with E-state index in [2.05, 4.69) is 14.7 Å². The molecule has 30 heavy (non-hydrogen) atoms. The normalized spacial score (nSPS) is 12.0. The number of primary sulfonamides is 1. The highest BCUT2D eigenvalue weighted by Crippen LogP contribution is 2.35. The van der Waals surface area contributed by atoms with Crippen LogP contribution in [0.4, 0.5) is 13.2 Å². The maximum Gasteiger partial charge on any atom is 0.573 e. The minimum Gasteiger partial charge on any atom is -0.406 e. The highest BCUT2D eigenvalue weighted by molar-refractivity contribution is 7.99. The predicted octanol–water partition coefficient (Wildman–Crippen LogP) is 3.33. The number of hydrogen-bond donors (Lipinski definition) is 2. The second-order valence-corrected chi connectivity index (χ2v) is 8.45. The van der Waals surface area contributed by atoms with E-state index in [-0.39, 0.29) is 16.2 Å². The third kappa shape index (κ3) is 5.48. The Morgan fingerprint density at radius 2 is 1.73 bits per heavy atom. The van der Waals surface area contributed by atoms with Gasteiger partial charge in [-0.2, -0.15) is 0 Å². The van der Waals surface area contributed by atoms with Gasteiger partial charge in [0, 0.05) is 22.9 Å². The summed E-state index contributed by atoms with van der Waals surface area (Å²) >= 11 is 1.14. The highest BCUT2D eigenvalue weighted by Gasteiger charge is 2.31. The average molecular weight is 457 g/mol. The molecule has 0 radical (unpaired) electrons. The maximum absolute atomic E-state index is 12.3. The largest absolute Gasteiger partial charge is 0.573 e. The standard InChI is InChI=1S/C18H14F3N3O4S2/c19-18(20,21)28-13-2-4-14(5-3-13)29-17-16(23-7-8-24-17)11-1-6-15(30(22,26)27)12(9-11)10-25/h1-9,25H,10H2,(H2,22,26,27). The number of rotatable bonds is 6. The maximum atomic E-state index is 12.3. The molecule has 3 rings (SSSR count). The van der Waals surface area contributed by atoms with Crippen molar-refractivity contribution in [3.05, 3.63) is 60.4 Å². The van der Waals surface area contributed by atoms with E-state index >= 15 is 0 Å². The van der Waals surface area contributed by atoms with Gasteiger partial charge in [0.15, 0.2) is 0 Å². The molecule has 0 bridgehead atoms. The summed E-state index contributed by atoms with van der Waals surface area (Å²) in [6, 6.07) is 9.41. The number of aliphatic hydroxyl groups excluding tert-OH is 1. The van der Waals surface area contributed by atoms with Crippen molar-refractivity contribution in [3.8, 4) is 17.0 Å². The average Bonchev–Trinajstić information content (AvgIpc) is 2.67. The second kappa shape index (κ2) is 8.60. The molecule has 0 saturated heterocycles. The Bertz CT molecular complexity index is 1150. The van der Waals surface area contributed by atoms with E-state index in [9.17, 15) is 26.7 Å². The van der Waals surface area contributed by atoms with E-state index in [1.807, 2.05) is 0 Å². The monoisotopic (exact) mass is 457 g/mol. The lowest BCUT2D eigenvalue weighted by Gasteiger charge is -2.11. The van der Waals surface area contributed by atoms with Crippen LogP contribution in [0.15, 0.2) is 69.7 Å². The Balaban J connectivity index is 1.92. The molecule has 0 unspecified atom stereocenters. The topological polar surface area (TPSA) is 115 Å². The third-order valence-corrected chi connectivity index (χ3v) is 5.76. The van der Waals surface area contributed by atoms with Crippen LogP contribution in [0.2, 0.25) is 0 Å². The van der Waals surface area contributed by atoms with Crippen LogP contribution in [-0.2, 0) is 16.6 Å². The van der Waals surface area contributed by atoms with Gasteiger partial charge in [0.05, 0.1) is 11.5 Å². The van der Waals surface area contributed by atoms with Gasteiger partial charge >= 0.3 is 6.36 Å². The summed E-state index contributed by atoms with van der Waals surface area (Å²) in [5.41, 5.74) is 0.984. The Labute approximate surface area is 173 Å². The number of aliphatic hydroxyl groups is 1. The molecule has 0 spiro atoms. The zero-order chi connectivity index (χ0) is 21.9. The minimum absolute atomic E-state index is 0.102. The fraction of sp³-hybridized carbons (Fsp3) is 0.111. The molecule has 12 heteroatoms. The molecule has 0 aliphatic rings. The van der Waals surface area contributed by atoms with Crippen LogP contribution in [0, 0.1) is 0 Å². The van der Waals surface area contributed by atoms with Gasteiger partial charge in [-0.25, -0.2) is 18.5 Å². The minimum atomic E-state index is -4.78. The molecule has 0 aliphatic carbocycles. The van der Waals surface area contributed by atoms with Crippen LogP contribution < -0.4 is 9.88 Å². The third-order valence-electron chi connectivity index (χ3n) is 3.75. The Hall–Kier alpha value is -2.67. The number of sulfonamides is 1. The first-order valence-corrected chi connectivity index (χ1v) is 10.5. The van der Waals surface area contributed by atoms with Crippen LogP contribution in [-0.4, -0.2) is 29.9 Å². The lowest BCUT2D eigenvalue weighted by Crippen LogP contribution is -2.16. The molecule has 1 aromatic heterocycles. The molecule has 0 saturated carbocycles. The van der Waals surface area contributed by atoms with Crippen LogP contribution >= 0.6 is 11.8 Å². The molecular weight excluding hydrogens is 443 g/mol. The molecule has 0 aliphatic heterocycles. The molecular formula is C18H14F3N3O4S2. The van der Waals surface area contributed by atoms with Gasteiger partial charge in [0.2, 0.25) is 10.0 Å². The molecule has 2 aromatic carbocycles. The predicted molar refractivity (Wildman–Crippen MR) is 102 cm³/mol. The van der Waals surface area contributed by atoms with Crippen LogP contribution in [0.1, 0.15) is 5.56 Å². The van der Waals surface area contributed by atoms with E-state index in [1.54, 1.807) is 0 Å². The number of alkyl halides is 3. The number of aromatic nitrogens is 2. The number of halogens is 3. The van der Waals surface area contributed by atoms with Crippen LogP contribution in [0.3, 0.4) is 0 Å². The highest BCUT2D eigenvalue weighted by atomic mass is 32.2. The van der Waals surface area contributed by atoms with E-state index in [0.717, 1.165) is 11.8 Å². The van der Waals surface area contributed by atoms with Crippen molar-refractivity contribution in [3.63, 3.8) is 0 Å². The van der Waals surface area contributed by atoms with Gasteiger partial charge in [-0.15, -0.1) is 13.2 Å². The summed E-state index contributed by atoms with van der Waals surface area (Å²) < 4.78 is 64.0. The van der Waals surface area contributed by atoms with Gasteiger partial charge in [-0.3, -0.25) is 4.98 Å². The van der Waals surface area contributed by atoms with Gasteiger partial charge in [-0.1, -0.05) is 17.8 Å². The van der Waals surface area contributed by atoms with Gasteiger partial charge in [-0.05, 0) is 42.0 Å². The number of hydrogen-bond acceptors (Lipinski definition) is 7. The first kappa shape index (κ1) is 22.0. The summed E-state index contributed by atoms with van der Waals surface area (Å²) in [5.74, 6) is -0.350. The lowest BCUT2D eigenvalue weighted by molar-refractivity contribution is -0.274. The summed E-state index contributed by atoms with van der Waals surface area (Å²) in [5, 5.41) is 15.1. The Morgan fingerprint density at radius 3 is 2.33 bits per heavy atom. The molecule has 1 heterocycles. The van der Waals surface area contributed by atoms with Gasteiger partial charge in [0.25, 0.3) is 0 Å². The van der Waals surface area contributed by atoms with Crippen molar-refractivity contribution in [2.45, 2.75) is 27.8 Å². The fourth-order valence-electron chi connectivity index (χ4n) is 2.55. The summed E-state index contributed by atoms with van der Waals surface area (Å²) in [6.07, 6.45) is -1.90. The van der Waals surface area contributed by atoms with E-state index in [1.165, 1.54) is 54.9 Å². The Morgan fingerprint density at radius 1 is 1.07 bits per heavy atom. The van der Waals surface area contributed by atoms with Crippen molar-refractivity contribution in [2.75, 3.05) is 0 Å². The number of benzene rings is 2.